The molecule has 0 bridgehead atoms. The van der Waals surface area contributed by atoms with E-state index in [9.17, 15) is 9.59 Å². The van der Waals surface area contributed by atoms with Crippen molar-refractivity contribution >= 4 is 11.8 Å². The predicted molar refractivity (Wildman–Crippen MR) is 91.9 cm³/mol. The number of nitrogens with one attached hydrogen (secondary N) is 1. The van der Waals surface area contributed by atoms with E-state index in [1.165, 1.54) is 0 Å². The van der Waals surface area contributed by atoms with Crippen molar-refractivity contribution in [3.05, 3.63) is 29.8 Å². The number of nitrogens with zero attached hydrogens (tertiary/aromatic N) is 1. The highest BCUT2D eigenvalue weighted by atomic mass is 16.5. The molecule has 0 spiro atoms. The SMILES string of the molecule is CC(N)N1CCOCC1Cc1ccc(OC2CCC(=O)NC2=O)cc1. The van der Waals surface area contributed by atoms with Crippen LogP contribution in [0, 0.1) is 0 Å². The van der Waals surface area contributed by atoms with Gasteiger partial charge >= 0.3 is 0 Å². The van der Waals surface area contributed by atoms with E-state index in [0.29, 0.717) is 25.2 Å². The molecule has 2 aliphatic rings. The molecule has 25 heavy (non-hydrogen) atoms. The number of rotatable bonds is 5. The first-order valence-corrected chi connectivity index (χ1v) is 8.71. The molecule has 0 aliphatic carbocycles. The highest BCUT2D eigenvalue weighted by molar-refractivity contribution is 5.99. The number of carbonyl (C=O) groups is 2. The molecule has 0 aromatic heterocycles. The summed E-state index contributed by atoms with van der Waals surface area (Å²) in [7, 11) is 0. The Kier molecular flexibility index (Phi) is 5.67. The Balaban J connectivity index is 1.58. The van der Waals surface area contributed by atoms with Crippen LogP contribution in [-0.2, 0) is 20.7 Å². The zero-order chi connectivity index (χ0) is 17.8. The number of carbonyl (C=O) groups excluding carboxylic acids is 2. The molecule has 1 aromatic carbocycles. The summed E-state index contributed by atoms with van der Waals surface area (Å²) in [6.45, 7) is 4.24. The van der Waals surface area contributed by atoms with Crippen LogP contribution in [0.15, 0.2) is 24.3 Å². The maximum absolute atomic E-state index is 11.8. The molecule has 7 nitrogen and oxygen atoms in total. The lowest BCUT2D eigenvalue weighted by Crippen LogP contribution is -2.53. The Morgan fingerprint density at radius 3 is 2.80 bits per heavy atom. The van der Waals surface area contributed by atoms with Crippen LogP contribution in [-0.4, -0.2) is 54.8 Å². The van der Waals surface area contributed by atoms with E-state index >= 15 is 0 Å². The van der Waals surface area contributed by atoms with Gasteiger partial charge in [0.05, 0.1) is 19.4 Å². The van der Waals surface area contributed by atoms with Gasteiger partial charge in [-0.05, 0) is 31.0 Å². The number of nitrogens with two attached hydrogens (primary N) is 1. The van der Waals surface area contributed by atoms with Gasteiger partial charge in [0.15, 0.2) is 6.10 Å². The topological polar surface area (TPSA) is 93.9 Å². The second-order valence-electron chi connectivity index (χ2n) is 6.61. The van der Waals surface area contributed by atoms with Crippen molar-refractivity contribution in [2.45, 2.75) is 44.5 Å². The Hall–Kier alpha value is -1.96. The number of benzene rings is 1. The summed E-state index contributed by atoms with van der Waals surface area (Å²) < 4.78 is 11.3. The van der Waals surface area contributed by atoms with Gasteiger partial charge < -0.3 is 15.2 Å². The second-order valence-corrected chi connectivity index (χ2v) is 6.61. The molecule has 2 aliphatic heterocycles. The van der Waals surface area contributed by atoms with Crippen molar-refractivity contribution in [3.8, 4) is 5.75 Å². The van der Waals surface area contributed by atoms with Crippen molar-refractivity contribution in [1.29, 1.82) is 0 Å². The summed E-state index contributed by atoms with van der Waals surface area (Å²) in [6, 6.07) is 7.97. The second kappa shape index (κ2) is 7.95. The third-order valence-electron chi connectivity index (χ3n) is 4.66. The van der Waals surface area contributed by atoms with Crippen LogP contribution in [0.4, 0.5) is 0 Å². The zero-order valence-electron chi connectivity index (χ0n) is 14.4. The van der Waals surface area contributed by atoms with E-state index in [-0.39, 0.29) is 24.0 Å². The number of imide groups is 1. The molecule has 3 rings (SSSR count). The quantitative estimate of drug-likeness (QED) is 0.750. The number of hydrogen-bond acceptors (Lipinski definition) is 6. The van der Waals surface area contributed by atoms with Crippen LogP contribution in [0.2, 0.25) is 0 Å². The lowest BCUT2D eigenvalue weighted by atomic mass is 10.0. The molecule has 0 saturated carbocycles. The monoisotopic (exact) mass is 347 g/mol. The van der Waals surface area contributed by atoms with Gasteiger partial charge in [0.2, 0.25) is 5.91 Å². The van der Waals surface area contributed by atoms with Crippen LogP contribution in [0.25, 0.3) is 0 Å². The van der Waals surface area contributed by atoms with Crippen molar-refractivity contribution in [3.63, 3.8) is 0 Å². The minimum absolute atomic E-state index is 0.00373. The minimum atomic E-state index is -0.608. The lowest BCUT2D eigenvalue weighted by Gasteiger charge is -2.38. The molecule has 7 heteroatoms. The number of amides is 2. The molecule has 136 valence electrons. The van der Waals surface area contributed by atoms with Crippen molar-refractivity contribution < 1.29 is 19.1 Å². The molecular weight excluding hydrogens is 322 g/mol. The fourth-order valence-electron chi connectivity index (χ4n) is 3.31. The number of piperidine rings is 1. The molecule has 2 fully saturated rings. The van der Waals surface area contributed by atoms with Gasteiger partial charge in [0.25, 0.3) is 5.91 Å². The van der Waals surface area contributed by atoms with Gasteiger partial charge in [0, 0.05) is 25.4 Å². The minimum Gasteiger partial charge on any atom is -0.481 e. The van der Waals surface area contributed by atoms with E-state index in [1.807, 2.05) is 31.2 Å². The van der Waals surface area contributed by atoms with Crippen LogP contribution >= 0.6 is 0 Å². The third-order valence-corrected chi connectivity index (χ3v) is 4.66. The van der Waals surface area contributed by atoms with E-state index in [0.717, 1.165) is 25.1 Å². The summed E-state index contributed by atoms with van der Waals surface area (Å²) in [5.41, 5.74) is 7.21. The van der Waals surface area contributed by atoms with Crippen molar-refractivity contribution in [2.75, 3.05) is 19.8 Å². The summed E-state index contributed by atoms with van der Waals surface area (Å²) >= 11 is 0. The molecule has 2 heterocycles. The fraction of sp³-hybridized carbons (Fsp3) is 0.556. The molecule has 3 atom stereocenters. The predicted octanol–water partition coefficient (Wildman–Crippen LogP) is 0.419. The van der Waals surface area contributed by atoms with Crippen LogP contribution in [0.1, 0.15) is 25.3 Å². The van der Waals surface area contributed by atoms with Crippen LogP contribution in [0.3, 0.4) is 0 Å². The maximum Gasteiger partial charge on any atom is 0.267 e. The molecule has 3 unspecified atom stereocenters. The van der Waals surface area contributed by atoms with E-state index in [4.69, 9.17) is 15.2 Å². The Labute approximate surface area is 147 Å². The van der Waals surface area contributed by atoms with E-state index < -0.39 is 6.10 Å². The Morgan fingerprint density at radius 1 is 1.36 bits per heavy atom. The van der Waals surface area contributed by atoms with Gasteiger partial charge in [-0.2, -0.15) is 0 Å². The van der Waals surface area contributed by atoms with Crippen molar-refractivity contribution in [1.82, 2.24) is 10.2 Å². The summed E-state index contributed by atoms with van der Waals surface area (Å²) in [6.07, 6.45) is 0.964. The normalized spacial score (nSPS) is 26.2. The number of hydrogen-bond donors (Lipinski definition) is 2. The van der Waals surface area contributed by atoms with Gasteiger partial charge in [-0.25, -0.2) is 0 Å². The highest BCUT2D eigenvalue weighted by Crippen LogP contribution is 2.20. The average molecular weight is 347 g/mol. The number of morpholine rings is 1. The third kappa shape index (κ3) is 4.56. The molecule has 2 amide bonds. The maximum atomic E-state index is 11.8. The largest absolute Gasteiger partial charge is 0.481 e. The van der Waals surface area contributed by atoms with Gasteiger partial charge in [-0.1, -0.05) is 12.1 Å². The van der Waals surface area contributed by atoms with Crippen molar-refractivity contribution in [2.24, 2.45) is 5.73 Å². The van der Waals surface area contributed by atoms with Gasteiger partial charge in [0.1, 0.15) is 5.75 Å². The fourth-order valence-corrected chi connectivity index (χ4v) is 3.31. The standard InChI is InChI=1S/C18H25N3O4/c1-12(19)21-8-9-24-11-14(21)10-13-2-4-15(5-3-13)25-16-6-7-17(22)20-18(16)23/h2-5,12,14,16H,6-11,19H2,1H3,(H,20,22,23). The average Bonchev–Trinajstić information content (AvgIpc) is 2.59. The Morgan fingerprint density at radius 2 is 2.12 bits per heavy atom. The first kappa shape index (κ1) is 17.8. The zero-order valence-corrected chi connectivity index (χ0v) is 14.4. The van der Waals surface area contributed by atoms with Crippen LogP contribution in [0.5, 0.6) is 5.75 Å². The molecule has 1 aromatic rings. The number of ether oxygens (including phenoxy) is 2. The first-order valence-electron chi connectivity index (χ1n) is 8.71. The molecule has 3 N–H and O–H groups in total. The smallest absolute Gasteiger partial charge is 0.267 e. The molecule has 2 saturated heterocycles. The first-order chi connectivity index (χ1) is 12.0. The van der Waals surface area contributed by atoms with Gasteiger partial charge in [-0.3, -0.25) is 19.8 Å². The van der Waals surface area contributed by atoms with E-state index in [2.05, 4.69) is 10.2 Å². The van der Waals surface area contributed by atoms with E-state index in [1.54, 1.807) is 0 Å². The van der Waals surface area contributed by atoms with Crippen LogP contribution < -0.4 is 15.8 Å². The summed E-state index contributed by atoms with van der Waals surface area (Å²) in [5.74, 6) is 0.0167. The summed E-state index contributed by atoms with van der Waals surface area (Å²) in [5, 5.41) is 2.30. The summed E-state index contributed by atoms with van der Waals surface area (Å²) in [4.78, 5) is 25.2. The highest BCUT2D eigenvalue weighted by Gasteiger charge is 2.28. The van der Waals surface area contributed by atoms with Gasteiger partial charge in [-0.15, -0.1) is 0 Å². The Bertz CT molecular complexity index is 617. The molecule has 0 radical (unpaired) electrons. The molecular formula is C18H25N3O4. The lowest BCUT2D eigenvalue weighted by molar-refractivity contribution is -0.138.